The first kappa shape index (κ1) is 10.6. The van der Waals surface area contributed by atoms with Crippen LogP contribution in [0.2, 0.25) is 0 Å². The fourth-order valence-electron chi connectivity index (χ4n) is 0. The van der Waals surface area contributed by atoms with Crippen LogP contribution in [0.4, 0.5) is 4.79 Å². The predicted molar refractivity (Wildman–Crippen MR) is 37.9 cm³/mol. The first-order valence-corrected chi connectivity index (χ1v) is 2.94. The maximum Gasteiger partial charge on any atom is 0.309 e. The second-order valence-corrected chi connectivity index (χ2v) is 1.57. The lowest BCUT2D eigenvalue weighted by Crippen LogP contribution is -2.18. The first-order chi connectivity index (χ1) is 3.65. The van der Waals surface area contributed by atoms with Gasteiger partial charge in [0.2, 0.25) is 0 Å². The summed E-state index contributed by atoms with van der Waals surface area (Å²) in [6.45, 7) is 2.10. The van der Waals surface area contributed by atoms with Gasteiger partial charge in [0.05, 0.1) is 0 Å². The standard InChI is InChI=1S/C3H8S.CH4N2O/c1-2-3-4;2-1(3)4/h4H,2-3H2,1H3;(H4,2,3,4). The minimum Gasteiger partial charge on any atom is -0.352 e. The number of urea groups is 1. The van der Waals surface area contributed by atoms with E-state index in [1.165, 1.54) is 6.42 Å². The second-order valence-electron chi connectivity index (χ2n) is 1.13. The Kier molecular flexibility index (Phi) is 12.9. The van der Waals surface area contributed by atoms with E-state index in [0.717, 1.165) is 5.75 Å². The zero-order chi connectivity index (χ0) is 6.99. The fraction of sp³-hybridized carbons (Fsp3) is 0.750. The van der Waals surface area contributed by atoms with E-state index in [0.29, 0.717) is 0 Å². The minimum absolute atomic E-state index is 0.833. The molecule has 0 saturated carbocycles. The van der Waals surface area contributed by atoms with E-state index in [1.54, 1.807) is 0 Å². The molecule has 0 saturated heterocycles. The molecule has 0 aliphatic heterocycles. The zero-order valence-corrected chi connectivity index (χ0v) is 5.82. The summed E-state index contributed by atoms with van der Waals surface area (Å²) in [5.74, 6) is 1.01. The molecule has 0 aromatic rings. The van der Waals surface area contributed by atoms with Crippen LogP contribution in [-0.4, -0.2) is 11.8 Å². The summed E-state index contributed by atoms with van der Waals surface area (Å²) in [5.41, 5.74) is 8.50. The summed E-state index contributed by atoms with van der Waals surface area (Å²) in [6, 6.07) is -0.833. The van der Waals surface area contributed by atoms with Crippen molar-refractivity contribution in [3.8, 4) is 0 Å². The van der Waals surface area contributed by atoms with Gasteiger partial charge in [-0.15, -0.1) is 0 Å². The summed E-state index contributed by atoms with van der Waals surface area (Å²) in [7, 11) is 0. The normalized spacial score (nSPS) is 6.75. The third kappa shape index (κ3) is 312. The largest absolute Gasteiger partial charge is 0.352 e. The Labute approximate surface area is 54.8 Å². The number of hydrogen-bond acceptors (Lipinski definition) is 2. The Morgan fingerprint density at radius 1 is 1.62 bits per heavy atom. The third-order valence-corrected chi connectivity index (χ3v) is 0.671. The van der Waals surface area contributed by atoms with Crippen molar-refractivity contribution in [1.82, 2.24) is 0 Å². The minimum atomic E-state index is -0.833. The number of thiol groups is 1. The molecule has 4 N–H and O–H groups in total. The Balaban J connectivity index is 0. The van der Waals surface area contributed by atoms with Gasteiger partial charge in [0.25, 0.3) is 0 Å². The van der Waals surface area contributed by atoms with Crippen molar-refractivity contribution in [1.29, 1.82) is 0 Å². The van der Waals surface area contributed by atoms with Crippen LogP contribution in [0.15, 0.2) is 0 Å². The highest BCUT2D eigenvalue weighted by Crippen LogP contribution is 1.74. The van der Waals surface area contributed by atoms with Gasteiger partial charge in [-0.25, -0.2) is 4.79 Å². The summed E-state index contributed by atoms with van der Waals surface area (Å²) >= 11 is 3.92. The molecule has 0 aromatic carbocycles. The van der Waals surface area contributed by atoms with E-state index in [-0.39, 0.29) is 0 Å². The van der Waals surface area contributed by atoms with E-state index >= 15 is 0 Å². The summed E-state index contributed by atoms with van der Waals surface area (Å²) in [5, 5.41) is 0. The molecule has 3 nitrogen and oxygen atoms in total. The average Bonchev–Trinajstić information content (AvgIpc) is 1.65. The molecule has 0 spiro atoms. The maximum atomic E-state index is 9.00. The number of hydrogen-bond donors (Lipinski definition) is 3. The van der Waals surface area contributed by atoms with Crippen molar-refractivity contribution in [3.05, 3.63) is 0 Å². The van der Waals surface area contributed by atoms with E-state index in [9.17, 15) is 0 Å². The molecule has 0 aromatic heterocycles. The highest BCUT2D eigenvalue weighted by Gasteiger charge is 1.60. The summed E-state index contributed by atoms with van der Waals surface area (Å²) < 4.78 is 0. The van der Waals surface area contributed by atoms with E-state index in [4.69, 9.17) is 4.79 Å². The van der Waals surface area contributed by atoms with E-state index in [1.807, 2.05) is 0 Å². The topological polar surface area (TPSA) is 69.1 Å². The van der Waals surface area contributed by atoms with Gasteiger partial charge in [-0.05, 0) is 12.2 Å². The van der Waals surface area contributed by atoms with Crippen LogP contribution in [0.3, 0.4) is 0 Å². The van der Waals surface area contributed by atoms with Gasteiger partial charge in [-0.1, -0.05) is 6.92 Å². The van der Waals surface area contributed by atoms with Gasteiger partial charge in [0, 0.05) is 0 Å². The maximum absolute atomic E-state index is 9.00. The molecule has 2 amide bonds. The summed E-state index contributed by atoms with van der Waals surface area (Å²) in [4.78, 5) is 9.00. The van der Waals surface area contributed by atoms with E-state index < -0.39 is 6.03 Å². The van der Waals surface area contributed by atoms with Crippen LogP contribution in [0.1, 0.15) is 13.3 Å². The molecule has 0 unspecified atom stereocenters. The molecule has 4 heteroatoms. The quantitative estimate of drug-likeness (QED) is 0.447. The first-order valence-electron chi connectivity index (χ1n) is 2.30. The SMILES string of the molecule is CCCS.NC(N)=O. The van der Waals surface area contributed by atoms with Gasteiger partial charge in [-0.2, -0.15) is 12.6 Å². The van der Waals surface area contributed by atoms with Gasteiger partial charge in [0.15, 0.2) is 0 Å². The molecule has 0 atom stereocenters. The molecule has 0 rings (SSSR count). The number of nitrogens with two attached hydrogens (primary N) is 2. The van der Waals surface area contributed by atoms with Crippen LogP contribution >= 0.6 is 12.6 Å². The van der Waals surface area contributed by atoms with Crippen molar-refractivity contribution in [2.24, 2.45) is 11.5 Å². The molecule has 0 radical (unpaired) electrons. The Hall–Kier alpha value is -0.380. The van der Waals surface area contributed by atoms with Crippen LogP contribution in [0.5, 0.6) is 0 Å². The van der Waals surface area contributed by atoms with Crippen molar-refractivity contribution >= 4 is 18.7 Å². The van der Waals surface area contributed by atoms with Gasteiger partial charge >= 0.3 is 6.03 Å². The number of amides is 2. The van der Waals surface area contributed by atoms with Crippen LogP contribution in [0.25, 0.3) is 0 Å². The number of rotatable bonds is 1. The average molecular weight is 136 g/mol. The smallest absolute Gasteiger partial charge is 0.309 e. The number of carbonyl (C=O) groups is 1. The molecular weight excluding hydrogens is 124 g/mol. The highest BCUT2D eigenvalue weighted by molar-refractivity contribution is 7.80. The molecule has 0 aliphatic carbocycles. The molecule has 50 valence electrons. The monoisotopic (exact) mass is 136 g/mol. The van der Waals surface area contributed by atoms with Crippen LogP contribution < -0.4 is 11.5 Å². The fourth-order valence-corrected chi connectivity index (χ4v) is 0. The van der Waals surface area contributed by atoms with Crippen molar-refractivity contribution in [3.63, 3.8) is 0 Å². The van der Waals surface area contributed by atoms with Crippen molar-refractivity contribution in [2.45, 2.75) is 13.3 Å². The molecule has 0 aliphatic rings. The predicted octanol–water partition coefficient (Wildman–Crippen LogP) is 0.350. The molecular formula is C4H12N2OS. The Morgan fingerprint density at radius 2 is 1.75 bits per heavy atom. The molecule has 0 bridgehead atoms. The third-order valence-electron chi connectivity index (χ3n) is 0.224. The lowest BCUT2D eigenvalue weighted by Gasteiger charge is -1.67. The van der Waals surface area contributed by atoms with Gasteiger partial charge in [-0.3, -0.25) is 0 Å². The zero-order valence-electron chi connectivity index (χ0n) is 4.92. The lowest BCUT2D eigenvalue weighted by molar-refractivity contribution is 0.256. The van der Waals surface area contributed by atoms with Gasteiger partial charge < -0.3 is 11.5 Å². The van der Waals surface area contributed by atoms with Crippen molar-refractivity contribution < 1.29 is 4.79 Å². The van der Waals surface area contributed by atoms with E-state index in [2.05, 4.69) is 31.0 Å². The number of carbonyl (C=O) groups excluding carboxylic acids is 1. The molecule has 0 heterocycles. The molecule has 8 heavy (non-hydrogen) atoms. The van der Waals surface area contributed by atoms with Gasteiger partial charge in [0.1, 0.15) is 0 Å². The lowest BCUT2D eigenvalue weighted by atomic mass is 10.6. The van der Waals surface area contributed by atoms with Crippen LogP contribution in [0, 0.1) is 0 Å². The van der Waals surface area contributed by atoms with Crippen molar-refractivity contribution in [2.75, 3.05) is 5.75 Å². The second kappa shape index (κ2) is 9.80. The van der Waals surface area contributed by atoms with Crippen LogP contribution in [-0.2, 0) is 0 Å². The number of primary amides is 2. The summed E-state index contributed by atoms with van der Waals surface area (Å²) in [6.07, 6.45) is 1.18. The molecule has 0 fully saturated rings. The Morgan fingerprint density at radius 3 is 1.75 bits per heavy atom. The Bertz CT molecular complexity index is 52.0. The highest BCUT2D eigenvalue weighted by atomic mass is 32.1.